The van der Waals surface area contributed by atoms with E-state index in [0.29, 0.717) is 0 Å². The van der Waals surface area contributed by atoms with Crippen LogP contribution in [0.25, 0.3) is 0 Å². The van der Waals surface area contributed by atoms with Gasteiger partial charge in [-0.3, -0.25) is 4.90 Å². The minimum absolute atomic E-state index is 0.129. The summed E-state index contributed by atoms with van der Waals surface area (Å²) in [5, 5.41) is 3.25. The van der Waals surface area contributed by atoms with E-state index in [1.807, 2.05) is 24.3 Å². The lowest BCUT2D eigenvalue weighted by molar-refractivity contribution is -0.138. The molecule has 1 atom stereocenters. The van der Waals surface area contributed by atoms with Gasteiger partial charge in [0.2, 0.25) is 0 Å². The molecule has 0 aliphatic carbocycles. The molecule has 2 nitrogen and oxygen atoms in total. The summed E-state index contributed by atoms with van der Waals surface area (Å²) in [4.78, 5) is 3.34. The molecule has 0 radical (unpaired) electrons. The molecule has 0 saturated carbocycles. The van der Waals surface area contributed by atoms with Crippen LogP contribution in [-0.2, 0) is 0 Å². The molecule has 0 spiro atoms. The lowest BCUT2D eigenvalue weighted by atomic mass is 9.99. The third-order valence-electron chi connectivity index (χ3n) is 3.87. The van der Waals surface area contributed by atoms with Crippen LogP contribution in [-0.4, -0.2) is 43.0 Å². The van der Waals surface area contributed by atoms with Crippen molar-refractivity contribution in [1.29, 1.82) is 0 Å². The van der Waals surface area contributed by atoms with Gasteiger partial charge < -0.3 is 5.32 Å². The molecule has 2 rings (SSSR count). The lowest BCUT2D eigenvalue weighted by Crippen LogP contribution is -2.45. The molecule has 6 heteroatoms. The van der Waals surface area contributed by atoms with Crippen LogP contribution in [0.15, 0.2) is 29.2 Å². The number of rotatable bonds is 6. The van der Waals surface area contributed by atoms with Gasteiger partial charge in [0.15, 0.2) is 0 Å². The van der Waals surface area contributed by atoms with Crippen LogP contribution in [0.1, 0.15) is 31.4 Å². The van der Waals surface area contributed by atoms with Crippen LogP contribution in [0.5, 0.6) is 0 Å². The third kappa shape index (κ3) is 5.48. The van der Waals surface area contributed by atoms with Crippen molar-refractivity contribution in [2.45, 2.75) is 36.9 Å². The highest BCUT2D eigenvalue weighted by atomic mass is 32.2. The quantitative estimate of drug-likeness (QED) is 0.790. The van der Waals surface area contributed by atoms with Crippen LogP contribution in [0.3, 0.4) is 0 Å². The first-order valence-corrected chi connectivity index (χ1v) is 8.72. The average Bonchev–Trinajstić information content (AvgIpc) is 2.49. The minimum atomic E-state index is -4.09. The molecule has 0 bridgehead atoms. The molecule has 0 unspecified atom stereocenters. The van der Waals surface area contributed by atoms with Gasteiger partial charge in [0.1, 0.15) is 0 Å². The summed E-state index contributed by atoms with van der Waals surface area (Å²) in [5.74, 6) is 0.995. The van der Waals surface area contributed by atoms with Gasteiger partial charge in [-0.05, 0) is 29.9 Å². The molecule has 0 amide bonds. The Labute approximate surface area is 134 Å². The van der Waals surface area contributed by atoms with E-state index in [-0.39, 0.29) is 12.5 Å². The van der Waals surface area contributed by atoms with E-state index in [1.165, 1.54) is 4.90 Å². The Balaban J connectivity index is 2.11. The molecule has 1 heterocycles. The van der Waals surface area contributed by atoms with E-state index >= 15 is 0 Å². The SMILES string of the molecule is CCSc1ccc([C@@H](CCC(F)(F)F)N2CCNCC2)cc1. The topological polar surface area (TPSA) is 15.3 Å². The summed E-state index contributed by atoms with van der Waals surface area (Å²) in [7, 11) is 0. The van der Waals surface area contributed by atoms with Gasteiger partial charge in [-0.25, -0.2) is 0 Å². The van der Waals surface area contributed by atoms with Crippen molar-refractivity contribution in [3.63, 3.8) is 0 Å². The van der Waals surface area contributed by atoms with Crippen molar-refractivity contribution in [3.8, 4) is 0 Å². The molecule has 1 N–H and O–H groups in total. The van der Waals surface area contributed by atoms with E-state index in [2.05, 4.69) is 17.1 Å². The number of benzene rings is 1. The van der Waals surface area contributed by atoms with Crippen molar-refractivity contribution in [2.24, 2.45) is 0 Å². The molecule has 22 heavy (non-hydrogen) atoms. The van der Waals surface area contributed by atoms with Gasteiger partial charge in [0.25, 0.3) is 0 Å². The highest BCUT2D eigenvalue weighted by Crippen LogP contribution is 2.32. The minimum Gasteiger partial charge on any atom is -0.314 e. The van der Waals surface area contributed by atoms with Crippen molar-refractivity contribution in [2.75, 3.05) is 31.9 Å². The number of nitrogens with one attached hydrogen (secondary N) is 1. The van der Waals surface area contributed by atoms with Crippen molar-refractivity contribution in [3.05, 3.63) is 29.8 Å². The second kappa shape index (κ2) is 8.22. The highest BCUT2D eigenvalue weighted by Gasteiger charge is 2.31. The Morgan fingerprint density at radius 1 is 1.18 bits per heavy atom. The summed E-state index contributed by atoms with van der Waals surface area (Å²) in [6, 6.07) is 7.87. The molecule has 0 aromatic heterocycles. The molecular weight excluding hydrogens is 309 g/mol. The van der Waals surface area contributed by atoms with Crippen LogP contribution in [0, 0.1) is 0 Å². The van der Waals surface area contributed by atoms with Crippen LogP contribution < -0.4 is 5.32 Å². The van der Waals surface area contributed by atoms with Crippen LogP contribution in [0.2, 0.25) is 0 Å². The molecule has 1 aromatic rings. The van der Waals surface area contributed by atoms with Gasteiger partial charge in [0.05, 0.1) is 0 Å². The number of alkyl halides is 3. The summed E-state index contributed by atoms with van der Waals surface area (Å²) < 4.78 is 37.9. The van der Waals surface area contributed by atoms with Gasteiger partial charge in [-0.2, -0.15) is 13.2 Å². The van der Waals surface area contributed by atoms with Crippen molar-refractivity contribution >= 4 is 11.8 Å². The number of hydrogen-bond acceptors (Lipinski definition) is 3. The second-order valence-corrected chi connectivity index (χ2v) is 6.80. The summed E-state index contributed by atoms with van der Waals surface area (Å²) in [6.07, 6.45) is -4.69. The number of hydrogen-bond donors (Lipinski definition) is 1. The van der Waals surface area contributed by atoms with Gasteiger partial charge >= 0.3 is 6.18 Å². The fourth-order valence-corrected chi connectivity index (χ4v) is 3.47. The maximum absolute atomic E-state index is 12.6. The number of halogens is 3. The smallest absolute Gasteiger partial charge is 0.314 e. The molecule has 1 fully saturated rings. The van der Waals surface area contributed by atoms with E-state index in [9.17, 15) is 13.2 Å². The number of piperazine rings is 1. The zero-order chi connectivity index (χ0) is 16.0. The first kappa shape index (κ1) is 17.6. The van der Waals surface area contributed by atoms with E-state index in [4.69, 9.17) is 0 Å². The van der Waals surface area contributed by atoms with Gasteiger partial charge in [-0.15, -0.1) is 11.8 Å². The maximum Gasteiger partial charge on any atom is 0.389 e. The lowest BCUT2D eigenvalue weighted by Gasteiger charge is -2.35. The number of thioether (sulfide) groups is 1. The summed E-state index contributed by atoms with van der Waals surface area (Å²) in [5.41, 5.74) is 0.992. The van der Waals surface area contributed by atoms with Crippen LogP contribution in [0.4, 0.5) is 13.2 Å². The molecule has 1 aromatic carbocycles. The molecule has 1 aliphatic heterocycles. The Hall–Kier alpha value is -0.720. The van der Waals surface area contributed by atoms with Crippen LogP contribution >= 0.6 is 11.8 Å². The maximum atomic E-state index is 12.6. The summed E-state index contributed by atoms with van der Waals surface area (Å²) >= 11 is 1.75. The Morgan fingerprint density at radius 2 is 1.82 bits per heavy atom. The Morgan fingerprint density at radius 3 is 2.36 bits per heavy atom. The fraction of sp³-hybridized carbons (Fsp3) is 0.625. The molecule has 1 saturated heterocycles. The van der Waals surface area contributed by atoms with E-state index in [1.54, 1.807) is 11.8 Å². The third-order valence-corrected chi connectivity index (χ3v) is 4.76. The largest absolute Gasteiger partial charge is 0.389 e. The monoisotopic (exact) mass is 332 g/mol. The molecule has 1 aliphatic rings. The normalized spacial score (nSPS) is 18.4. The van der Waals surface area contributed by atoms with E-state index in [0.717, 1.165) is 37.5 Å². The fourth-order valence-electron chi connectivity index (χ4n) is 2.81. The average molecular weight is 332 g/mol. The van der Waals surface area contributed by atoms with Crippen molar-refractivity contribution < 1.29 is 13.2 Å². The predicted molar refractivity (Wildman–Crippen MR) is 85.3 cm³/mol. The number of nitrogens with zero attached hydrogens (tertiary/aromatic N) is 1. The summed E-state index contributed by atoms with van der Waals surface area (Å²) in [6.45, 7) is 5.37. The second-order valence-electron chi connectivity index (χ2n) is 5.46. The Bertz CT molecular complexity index is 442. The molecular formula is C16H23F3N2S. The first-order valence-electron chi connectivity index (χ1n) is 7.74. The standard InChI is InChI=1S/C16H23F3N2S/c1-2-22-14-5-3-13(4-6-14)15(7-8-16(17,18)19)21-11-9-20-10-12-21/h3-6,15,20H,2,7-12H2,1H3/t15-/m1/s1. The highest BCUT2D eigenvalue weighted by molar-refractivity contribution is 7.99. The van der Waals surface area contributed by atoms with Gasteiger partial charge in [-0.1, -0.05) is 19.1 Å². The molecule has 124 valence electrons. The predicted octanol–water partition coefficient (Wildman–Crippen LogP) is 4.09. The van der Waals surface area contributed by atoms with Gasteiger partial charge in [0, 0.05) is 43.5 Å². The van der Waals surface area contributed by atoms with Crippen molar-refractivity contribution in [1.82, 2.24) is 10.2 Å². The zero-order valence-corrected chi connectivity index (χ0v) is 13.6. The Kier molecular flexibility index (Phi) is 6.59. The first-order chi connectivity index (χ1) is 10.5. The zero-order valence-electron chi connectivity index (χ0n) is 12.8. The van der Waals surface area contributed by atoms with E-state index < -0.39 is 12.6 Å².